The quantitative estimate of drug-likeness (QED) is 0.187. The predicted octanol–water partition coefficient (Wildman–Crippen LogP) is 10.2. The van der Waals surface area contributed by atoms with Gasteiger partial charge in [0.25, 0.3) is 0 Å². The smallest absolute Gasteiger partial charge is 0.407 e. The van der Waals surface area contributed by atoms with Crippen molar-refractivity contribution < 1.29 is 9.53 Å². The maximum absolute atomic E-state index is 12.7. The van der Waals surface area contributed by atoms with E-state index in [4.69, 9.17) is 4.74 Å². The minimum atomic E-state index is -0.192. The van der Waals surface area contributed by atoms with E-state index in [0.29, 0.717) is 12.5 Å². The second kappa shape index (κ2) is 17.7. The monoisotopic (exact) mass is 479 g/mol. The van der Waals surface area contributed by atoms with Crippen molar-refractivity contribution >= 4 is 6.09 Å². The highest BCUT2D eigenvalue weighted by Crippen LogP contribution is 2.45. The molecule has 0 bridgehead atoms. The number of rotatable bonds is 19. The molecule has 34 heavy (non-hydrogen) atoms. The molecule has 0 aromatic rings. The summed E-state index contributed by atoms with van der Waals surface area (Å²) < 4.78 is 5.81. The molecule has 0 heterocycles. The fraction of sp³-hybridized carbons (Fsp3) is 0.968. The third kappa shape index (κ3) is 16.0. The van der Waals surface area contributed by atoms with Crippen LogP contribution in [0.15, 0.2) is 0 Å². The topological polar surface area (TPSA) is 38.3 Å². The van der Waals surface area contributed by atoms with Gasteiger partial charge in [-0.25, -0.2) is 4.79 Å². The van der Waals surface area contributed by atoms with E-state index >= 15 is 0 Å². The average molecular weight is 480 g/mol. The van der Waals surface area contributed by atoms with Crippen molar-refractivity contribution in [2.45, 2.75) is 170 Å². The first-order chi connectivity index (χ1) is 16.2. The van der Waals surface area contributed by atoms with E-state index in [2.05, 4.69) is 46.9 Å². The van der Waals surface area contributed by atoms with Crippen LogP contribution in [0.5, 0.6) is 0 Å². The summed E-state index contributed by atoms with van der Waals surface area (Å²) in [5.41, 5.74) is 0.549. The zero-order valence-corrected chi connectivity index (χ0v) is 24.1. The Morgan fingerprint density at radius 3 is 1.59 bits per heavy atom. The van der Waals surface area contributed by atoms with Gasteiger partial charge in [0.05, 0.1) is 6.61 Å². The van der Waals surface area contributed by atoms with Crippen LogP contribution in [0.2, 0.25) is 0 Å². The predicted molar refractivity (Wildman–Crippen MR) is 148 cm³/mol. The second-order valence-electron chi connectivity index (χ2n) is 13.0. The van der Waals surface area contributed by atoms with Crippen molar-refractivity contribution in [2.24, 2.45) is 16.7 Å². The van der Waals surface area contributed by atoms with Crippen molar-refractivity contribution in [1.29, 1.82) is 0 Å². The number of hydrogen-bond donors (Lipinski definition) is 1. The van der Waals surface area contributed by atoms with E-state index in [1.165, 1.54) is 109 Å². The van der Waals surface area contributed by atoms with E-state index in [1.807, 2.05) is 0 Å². The molecule has 3 heteroatoms. The van der Waals surface area contributed by atoms with Gasteiger partial charge in [0, 0.05) is 6.04 Å². The highest BCUT2D eigenvalue weighted by atomic mass is 16.5. The fourth-order valence-electron chi connectivity index (χ4n) is 6.44. The molecule has 1 aliphatic carbocycles. The van der Waals surface area contributed by atoms with Crippen LogP contribution in [-0.4, -0.2) is 18.7 Å². The number of unbranched alkanes of at least 4 members (excludes halogenated alkanes) is 12. The van der Waals surface area contributed by atoms with E-state index in [-0.39, 0.29) is 23.0 Å². The molecule has 0 radical (unpaired) electrons. The summed E-state index contributed by atoms with van der Waals surface area (Å²) in [4.78, 5) is 12.7. The first-order valence-electron chi connectivity index (χ1n) is 15.1. The molecule has 0 saturated heterocycles. The van der Waals surface area contributed by atoms with E-state index in [9.17, 15) is 4.79 Å². The van der Waals surface area contributed by atoms with Gasteiger partial charge in [-0.2, -0.15) is 0 Å². The minimum Gasteiger partial charge on any atom is -0.449 e. The fourth-order valence-corrected chi connectivity index (χ4v) is 6.44. The summed E-state index contributed by atoms with van der Waals surface area (Å²) in [7, 11) is 0. The number of alkyl carbamates (subject to hydrolysis) is 1. The lowest BCUT2D eigenvalue weighted by Gasteiger charge is -2.44. The Kier molecular flexibility index (Phi) is 16.3. The molecule has 1 saturated carbocycles. The molecule has 3 nitrogen and oxygen atoms in total. The normalized spacial score (nSPS) is 18.5. The van der Waals surface area contributed by atoms with Gasteiger partial charge in [-0.05, 0) is 48.9 Å². The number of nitrogens with one attached hydrogen (secondary N) is 1. The zero-order valence-electron chi connectivity index (χ0n) is 24.1. The lowest BCUT2D eigenvalue weighted by Crippen LogP contribution is -2.46. The number of amides is 1. The molecule has 1 atom stereocenters. The first kappa shape index (κ1) is 31.3. The maximum atomic E-state index is 12.7. The Labute approximate surface area is 214 Å². The SMILES string of the molecule is CCCCCCCCCCC(CCCCCCCC)COC(=O)NC1CC(C)(C)CC(C)(C)C1. The number of carbonyl (C=O) groups is 1. The van der Waals surface area contributed by atoms with Crippen molar-refractivity contribution in [3.8, 4) is 0 Å². The molecule has 1 amide bonds. The maximum Gasteiger partial charge on any atom is 0.407 e. The van der Waals surface area contributed by atoms with Crippen molar-refractivity contribution in [3.63, 3.8) is 0 Å². The van der Waals surface area contributed by atoms with Gasteiger partial charge in [0.2, 0.25) is 0 Å². The largest absolute Gasteiger partial charge is 0.449 e. The lowest BCUT2D eigenvalue weighted by atomic mass is 9.63. The zero-order chi connectivity index (χ0) is 25.3. The van der Waals surface area contributed by atoms with Crippen LogP contribution in [0.3, 0.4) is 0 Å². The minimum absolute atomic E-state index is 0.192. The second-order valence-corrected chi connectivity index (χ2v) is 13.0. The van der Waals surface area contributed by atoms with Gasteiger partial charge >= 0.3 is 6.09 Å². The van der Waals surface area contributed by atoms with Crippen molar-refractivity contribution in [2.75, 3.05) is 6.61 Å². The molecule has 0 aromatic heterocycles. The van der Waals surface area contributed by atoms with Crippen LogP contribution in [0.1, 0.15) is 164 Å². The van der Waals surface area contributed by atoms with Crippen molar-refractivity contribution in [3.05, 3.63) is 0 Å². The first-order valence-corrected chi connectivity index (χ1v) is 15.1. The summed E-state index contributed by atoms with van der Waals surface area (Å²) in [5, 5.41) is 3.22. The summed E-state index contributed by atoms with van der Waals surface area (Å²) in [6.45, 7) is 14.5. The summed E-state index contributed by atoms with van der Waals surface area (Å²) in [6.07, 6.45) is 24.4. The molecule has 1 unspecified atom stereocenters. The Morgan fingerprint density at radius 1 is 0.735 bits per heavy atom. The molecule has 0 aromatic carbocycles. The highest BCUT2D eigenvalue weighted by molar-refractivity contribution is 5.67. The summed E-state index contributed by atoms with van der Waals surface area (Å²) in [6, 6.07) is 0.232. The molecular weight excluding hydrogens is 418 g/mol. The number of ether oxygens (including phenoxy) is 1. The Morgan fingerprint density at radius 2 is 1.15 bits per heavy atom. The molecule has 0 spiro atoms. The summed E-state index contributed by atoms with van der Waals surface area (Å²) in [5.74, 6) is 0.524. The molecule has 0 aliphatic heterocycles. The third-order valence-electron chi connectivity index (χ3n) is 7.76. The van der Waals surface area contributed by atoms with Crippen LogP contribution >= 0.6 is 0 Å². The third-order valence-corrected chi connectivity index (χ3v) is 7.76. The summed E-state index contributed by atoms with van der Waals surface area (Å²) >= 11 is 0. The standard InChI is InChI=1S/C31H61NO2/c1-7-9-11-13-15-16-18-20-22-27(21-19-17-14-12-10-8-2)25-34-29(33)32-28-23-30(3,4)26-31(5,6)24-28/h27-28H,7-26H2,1-6H3,(H,32,33). The Bertz CT molecular complexity index is 498. The number of hydrogen-bond acceptors (Lipinski definition) is 2. The average Bonchev–Trinajstić information content (AvgIpc) is 2.73. The van der Waals surface area contributed by atoms with Gasteiger partial charge in [-0.3, -0.25) is 0 Å². The Hall–Kier alpha value is -0.730. The van der Waals surface area contributed by atoms with Crippen LogP contribution in [0.25, 0.3) is 0 Å². The van der Waals surface area contributed by atoms with Crippen molar-refractivity contribution in [1.82, 2.24) is 5.32 Å². The molecule has 202 valence electrons. The van der Waals surface area contributed by atoms with E-state index in [1.54, 1.807) is 0 Å². The Balaban J connectivity index is 2.37. The number of carbonyl (C=O) groups excluding carboxylic acids is 1. The molecule has 1 N–H and O–H groups in total. The van der Waals surface area contributed by atoms with Gasteiger partial charge in [0.1, 0.15) is 0 Å². The molecule has 1 fully saturated rings. The lowest BCUT2D eigenvalue weighted by molar-refractivity contribution is 0.0727. The van der Waals surface area contributed by atoms with Gasteiger partial charge in [-0.15, -0.1) is 0 Å². The van der Waals surface area contributed by atoms with E-state index in [0.717, 1.165) is 12.8 Å². The molecule has 1 aliphatic rings. The van der Waals surface area contributed by atoms with Crippen LogP contribution in [0, 0.1) is 16.7 Å². The van der Waals surface area contributed by atoms with Crippen LogP contribution in [0.4, 0.5) is 4.79 Å². The molecule has 1 rings (SSSR count). The van der Waals surface area contributed by atoms with Gasteiger partial charge in [0.15, 0.2) is 0 Å². The van der Waals surface area contributed by atoms with Crippen LogP contribution in [-0.2, 0) is 4.74 Å². The highest BCUT2D eigenvalue weighted by Gasteiger charge is 2.39. The molecular formula is C31H61NO2. The van der Waals surface area contributed by atoms with Gasteiger partial charge in [-0.1, -0.05) is 131 Å². The van der Waals surface area contributed by atoms with E-state index < -0.39 is 0 Å². The van der Waals surface area contributed by atoms with Crippen LogP contribution < -0.4 is 5.32 Å². The van der Waals surface area contributed by atoms with Gasteiger partial charge < -0.3 is 10.1 Å².